The molecule has 0 aliphatic rings. The molecule has 36 heavy (non-hydrogen) atoms. The number of nitrogens with one attached hydrogen (secondary N) is 1. The molecule has 1 amide bonds. The fourth-order valence-electron chi connectivity index (χ4n) is 2.88. The zero-order valence-corrected chi connectivity index (χ0v) is 20.4. The molecule has 3 rings (SSSR count). The number of benzene rings is 3. The normalized spacial score (nSPS) is 12.7. The Hall–Kier alpha value is -3.08. The lowest BCUT2D eigenvalue weighted by Crippen LogP contribution is -2.47. The first kappa shape index (κ1) is 29.2. The third-order valence-electron chi connectivity index (χ3n) is 5.01. The molecule has 2 unspecified atom stereocenters. The number of aliphatic hydroxyl groups is 1. The number of rotatable bonds is 8. The van der Waals surface area contributed by atoms with E-state index in [1.54, 1.807) is 43.3 Å². The van der Waals surface area contributed by atoms with Gasteiger partial charge in [-0.2, -0.15) is 13.2 Å². The molecular weight excluding hydrogens is 496 g/mol. The first-order valence-corrected chi connectivity index (χ1v) is 11.5. The highest BCUT2D eigenvalue weighted by Gasteiger charge is 2.29. The largest absolute Gasteiger partial charge is 0.489 e. The number of hydrogen-bond acceptors (Lipinski definition) is 5. The first-order chi connectivity index (χ1) is 17.0. The van der Waals surface area contributed by atoms with Crippen LogP contribution >= 0.6 is 12.6 Å². The summed E-state index contributed by atoms with van der Waals surface area (Å²) in [5.41, 5.74) is 6.31. The van der Waals surface area contributed by atoms with Crippen molar-refractivity contribution < 1.29 is 32.2 Å². The smallest absolute Gasteiger partial charge is 0.416 e. The summed E-state index contributed by atoms with van der Waals surface area (Å²) in [4.78, 5) is 12.7. The monoisotopic (exact) mass is 524 g/mol. The molecule has 5 nitrogen and oxygen atoms in total. The molecule has 4 N–H and O–H groups in total. The van der Waals surface area contributed by atoms with E-state index in [4.69, 9.17) is 10.5 Å². The third-order valence-corrected chi connectivity index (χ3v) is 5.31. The van der Waals surface area contributed by atoms with Gasteiger partial charge in [-0.3, -0.25) is 4.79 Å². The zero-order valence-electron chi connectivity index (χ0n) is 19.5. The Balaban J connectivity index is 0.000000482. The van der Waals surface area contributed by atoms with Crippen molar-refractivity contribution in [3.05, 3.63) is 95.3 Å². The number of carbonyl (C=O) groups excluding carboxylic acids is 1. The van der Waals surface area contributed by atoms with Crippen LogP contribution in [0.1, 0.15) is 30.0 Å². The van der Waals surface area contributed by atoms with Gasteiger partial charge >= 0.3 is 6.18 Å². The molecule has 0 aliphatic carbocycles. The summed E-state index contributed by atoms with van der Waals surface area (Å²) in [6.07, 6.45) is -4.89. The van der Waals surface area contributed by atoms with Gasteiger partial charge in [0.05, 0.1) is 11.7 Å². The maximum absolute atomic E-state index is 12.6. The SMILES string of the molecule is CCC(O)C(N)C(=O)NCc1cccc(OCc2ccc(C(F)(F)F)cc2)c1.Fc1ccc(S)cc1. The molecule has 0 aromatic heterocycles. The van der Waals surface area contributed by atoms with Gasteiger partial charge in [-0.1, -0.05) is 31.2 Å². The standard InChI is InChI=1S/C20H23F3N2O3.C6H5FS/c1-2-17(26)18(24)19(27)25-11-14-4-3-5-16(10-14)28-12-13-6-8-15(9-7-13)20(21,22)23;7-5-1-3-6(8)4-2-5/h3-10,17-18,26H,2,11-12,24H2,1H3,(H,25,27);1-4,8H. The summed E-state index contributed by atoms with van der Waals surface area (Å²) in [6, 6.07) is 16.7. The molecule has 2 atom stereocenters. The highest BCUT2D eigenvalue weighted by atomic mass is 32.1. The van der Waals surface area contributed by atoms with Gasteiger partial charge in [0, 0.05) is 11.4 Å². The van der Waals surface area contributed by atoms with Crippen LogP contribution in [0.15, 0.2) is 77.7 Å². The zero-order chi connectivity index (χ0) is 26.7. The Morgan fingerprint density at radius 2 is 1.69 bits per heavy atom. The summed E-state index contributed by atoms with van der Waals surface area (Å²) < 4.78 is 55.4. The number of halogens is 4. The molecule has 0 saturated carbocycles. The number of hydrogen-bond donors (Lipinski definition) is 4. The van der Waals surface area contributed by atoms with Crippen molar-refractivity contribution in [2.45, 2.75) is 49.7 Å². The fourth-order valence-corrected chi connectivity index (χ4v) is 3.03. The van der Waals surface area contributed by atoms with Gasteiger partial charge < -0.3 is 20.9 Å². The van der Waals surface area contributed by atoms with E-state index >= 15 is 0 Å². The van der Waals surface area contributed by atoms with Gasteiger partial charge in [0.2, 0.25) is 5.91 Å². The Labute approximate surface area is 212 Å². The molecule has 0 radical (unpaired) electrons. The van der Waals surface area contributed by atoms with E-state index in [0.717, 1.165) is 22.6 Å². The van der Waals surface area contributed by atoms with Gasteiger partial charge in [0.25, 0.3) is 0 Å². The molecule has 3 aromatic carbocycles. The minimum atomic E-state index is -4.37. The fraction of sp³-hybridized carbons (Fsp3) is 0.269. The van der Waals surface area contributed by atoms with Crippen LogP contribution in [0.25, 0.3) is 0 Å². The maximum atomic E-state index is 12.6. The number of nitrogens with two attached hydrogens (primary N) is 1. The summed E-state index contributed by atoms with van der Waals surface area (Å²) in [5, 5.41) is 12.3. The van der Waals surface area contributed by atoms with E-state index in [2.05, 4.69) is 17.9 Å². The Bertz CT molecular complexity index is 1070. The average molecular weight is 525 g/mol. The molecule has 0 saturated heterocycles. The number of thiol groups is 1. The Kier molecular flexibility index (Phi) is 11.2. The van der Waals surface area contributed by atoms with Crippen molar-refractivity contribution in [3.63, 3.8) is 0 Å². The number of alkyl halides is 3. The topological polar surface area (TPSA) is 84.6 Å². The quantitative estimate of drug-likeness (QED) is 0.244. The average Bonchev–Trinajstić information content (AvgIpc) is 2.87. The van der Waals surface area contributed by atoms with Crippen LogP contribution in [-0.4, -0.2) is 23.2 Å². The minimum Gasteiger partial charge on any atom is -0.489 e. The molecule has 3 aromatic rings. The van der Waals surface area contributed by atoms with Crippen LogP contribution < -0.4 is 15.8 Å². The lowest BCUT2D eigenvalue weighted by molar-refractivity contribution is -0.137. The minimum absolute atomic E-state index is 0.113. The molecule has 0 fully saturated rings. The van der Waals surface area contributed by atoms with Crippen LogP contribution in [0.4, 0.5) is 17.6 Å². The van der Waals surface area contributed by atoms with Crippen LogP contribution in [0.2, 0.25) is 0 Å². The molecule has 0 heterocycles. The number of aliphatic hydroxyl groups excluding tert-OH is 1. The molecule has 0 spiro atoms. The third kappa shape index (κ3) is 9.88. The molecule has 194 valence electrons. The van der Waals surface area contributed by atoms with Crippen molar-refractivity contribution in [3.8, 4) is 5.75 Å². The highest BCUT2D eigenvalue weighted by molar-refractivity contribution is 7.80. The Morgan fingerprint density at radius 1 is 1.06 bits per heavy atom. The van der Waals surface area contributed by atoms with Crippen LogP contribution in [0.5, 0.6) is 5.75 Å². The van der Waals surface area contributed by atoms with Gasteiger partial charge in [0.15, 0.2) is 0 Å². The van der Waals surface area contributed by atoms with Crippen molar-refractivity contribution in [1.82, 2.24) is 5.32 Å². The number of carbonyl (C=O) groups is 1. The van der Waals surface area contributed by atoms with Crippen LogP contribution in [-0.2, 0) is 24.1 Å². The second-order valence-corrected chi connectivity index (χ2v) is 8.34. The molecular formula is C26H28F4N2O3S. The predicted octanol–water partition coefficient (Wildman–Crippen LogP) is 5.11. The molecule has 0 aliphatic heterocycles. The summed E-state index contributed by atoms with van der Waals surface area (Å²) in [5.74, 6) is -0.155. The van der Waals surface area contributed by atoms with Crippen molar-refractivity contribution >= 4 is 18.5 Å². The van der Waals surface area contributed by atoms with E-state index < -0.39 is 29.8 Å². The summed E-state index contributed by atoms with van der Waals surface area (Å²) in [6.45, 7) is 2.05. The lowest BCUT2D eigenvalue weighted by atomic mass is 10.1. The Morgan fingerprint density at radius 3 is 2.25 bits per heavy atom. The van der Waals surface area contributed by atoms with Crippen molar-refractivity contribution in [2.24, 2.45) is 5.73 Å². The molecule has 10 heteroatoms. The highest BCUT2D eigenvalue weighted by Crippen LogP contribution is 2.29. The molecule has 0 bridgehead atoms. The van der Waals surface area contributed by atoms with Gasteiger partial charge in [-0.25, -0.2) is 4.39 Å². The number of amides is 1. The second kappa shape index (κ2) is 13.9. The van der Waals surface area contributed by atoms with E-state index in [9.17, 15) is 27.5 Å². The predicted molar refractivity (Wildman–Crippen MR) is 132 cm³/mol. The van der Waals surface area contributed by atoms with E-state index in [-0.39, 0.29) is 19.0 Å². The van der Waals surface area contributed by atoms with Gasteiger partial charge in [-0.15, -0.1) is 12.6 Å². The van der Waals surface area contributed by atoms with E-state index in [1.807, 2.05) is 0 Å². The van der Waals surface area contributed by atoms with Crippen molar-refractivity contribution in [2.75, 3.05) is 0 Å². The summed E-state index contributed by atoms with van der Waals surface area (Å²) in [7, 11) is 0. The van der Waals surface area contributed by atoms with E-state index in [1.165, 1.54) is 24.3 Å². The van der Waals surface area contributed by atoms with Crippen LogP contribution in [0.3, 0.4) is 0 Å². The number of ether oxygens (including phenoxy) is 1. The second-order valence-electron chi connectivity index (χ2n) is 7.83. The first-order valence-electron chi connectivity index (χ1n) is 11.0. The van der Waals surface area contributed by atoms with Crippen LogP contribution in [0, 0.1) is 5.82 Å². The summed E-state index contributed by atoms with van der Waals surface area (Å²) >= 11 is 3.97. The van der Waals surface area contributed by atoms with Gasteiger partial charge in [0.1, 0.15) is 24.2 Å². The van der Waals surface area contributed by atoms with Gasteiger partial charge in [-0.05, 0) is 66.1 Å². The van der Waals surface area contributed by atoms with Crippen molar-refractivity contribution in [1.29, 1.82) is 0 Å². The van der Waals surface area contributed by atoms with E-state index in [0.29, 0.717) is 17.7 Å². The lowest BCUT2D eigenvalue weighted by Gasteiger charge is -2.17. The maximum Gasteiger partial charge on any atom is 0.416 e.